The van der Waals surface area contributed by atoms with E-state index in [4.69, 9.17) is 27.5 Å². The lowest BCUT2D eigenvalue weighted by Gasteiger charge is -2.12. The molecule has 1 aliphatic rings. The molecule has 0 aromatic heterocycles. The Morgan fingerprint density at radius 3 is 2.86 bits per heavy atom. The molecule has 0 unspecified atom stereocenters. The van der Waals surface area contributed by atoms with Crippen molar-refractivity contribution < 1.29 is 14.3 Å². The molecule has 0 bridgehead atoms. The second-order valence-electron chi connectivity index (χ2n) is 5.93. The Kier molecular flexibility index (Phi) is 6.91. The molecule has 3 rings (SSSR count). The number of nitrogens with one attached hydrogen (secondary N) is 1. The van der Waals surface area contributed by atoms with Crippen LogP contribution in [0.3, 0.4) is 0 Å². The first-order valence-corrected chi connectivity index (χ1v) is 10.4. The minimum absolute atomic E-state index is 0.0778. The summed E-state index contributed by atoms with van der Waals surface area (Å²) in [5, 5.41) is 3.84. The van der Waals surface area contributed by atoms with Crippen LogP contribution >= 0.6 is 39.3 Å². The number of benzene rings is 2. The molecule has 0 aliphatic carbocycles. The number of halogens is 2. The van der Waals surface area contributed by atoms with E-state index < -0.39 is 0 Å². The standard InChI is InChI=1S/C21H16BrClN2O3S/c1-4-7-28-19-13(8-14(22)10-17(19)27-3)9-18-20(26)25-21(29-18)24-15-6-5-12(2)16(23)11-15/h1,5-6,8-11H,7H2,2-3H3,(H,24,25,26)/b18-9+. The Balaban J connectivity index is 1.94. The van der Waals surface area contributed by atoms with Gasteiger partial charge in [-0.1, -0.05) is 39.5 Å². The number of carbonyl (C=O) groups excluding carboxylic acids is 1. The zero-order valence-corrected chi connectivity index (χ0v) is 18.7. The lowest BCUT2D eigenvalue weighted by atomic mass is 10.1. The van der Waals surface area contributed by atoms with Crippen molar-refractivity contribution in [3.63, 3.8) is 0 Å². The maximum Gasteiger partial charge on any atom is 0.264 e. The van der Waals surface area contributed by atoms with Crippen LogP contribution in [0, 0.1) is 19.3 Å². The third-order valence-electron chi connectivity index (χ3n) is 3.89. The first-order valence-electron chi connectivity index (χ1n) is 8.41. The number of hydrogen-bond donors (Lipinski definition) is 1. The normalized spacial score (nSPS) is 16.0. The number of hydrogen-bond acceptors (Lipinski definition) is 5. The topological polar surface area (TPSA) is 59.9 Å². The smallest absolute Gasteiger partial charge is 0.264 e. The van der Waals surface area contributed by atoms with Gasteiger partial charge in [-0.05, 0) is 54.6 Å². The van der Waals surface area contributed by atoms with E-state index >= 15 is 0 Å². The van der Waals surface area contributed by atoms with Crippen LogP contribution in [-0.4, -0.2) is 24.8 Å². The summed E-state index contributed by atoms with van der Waals surface area (Å²) in [6.45, 7) is 1.99. The molecule has 0 saturated carbocycles. The van der Waals surface area contributed by atoms with Crippen molar-refractivity contribution in [2.75, 3.05) is 13.7 Å². The number of aliphatic imine (C=N–C) groups is 1. The Bertz CT molecular complexity index is 1080. The third kappa shape index (κ3) is 5.15. The van der Waals surface area contributed by atoms with Gasteiger partial charge in [0.2, 0.25) is 0 Å². The van der Waals surface area contributed by atoms with Gasteiger partial charge in [-0.15, -0.1) is 6.42 Å². The van der Waals surface area contributed by atoms with Crippen molar-refractivity contribution in [3.8, 4) is 23.8 Å². The minimum Gasteiger partial charge on any atom is -0.493 e. The molecule has 148 valence electrons. The van der Waals surface area contributed by atoms with Crippen LogP contribution in [0.4, 0.5) is 5.69 Å². The van der Waals surface area contributed by atoms with Gasteiger partial charge in [0.05, 0.1) is 17.7 Å². The number of methoxy groups -OCH3 is 1. The highest BCUT2D eigenvalue weighted by Gasteiger charge is 2.25. The molecular formula is C21H16BrClN2O3S. The van der Waals surface area contributed by atoms with E-state index in [2.05, 4.69) is 32.2 Å². The van der Waals surface area contributed by atoms with Crippen LogP contribution in [0.1, 0.15) is 11.1 Å². The zero-order valence-electron chi connectivity index (χ0n) is 15.6. The number of thioether (sulfide) groups is 1. The van der Waals surface area contributed by atoms with Gasteiger partial charge in [0.15, 0.2) is 16.7 Å². The predicted molar refractivity (Wildman–Crippen MR) is 122 cm³/mol. The zero-order chi connectivity index (χ0) is 21.0. The molecule has 1 saturated heterocycles. The molecule has 0 spiro atoms. The Morgan fingerprint density at radius 1 is 1.38 bits per heavy atom. The summed E-state index contributed by atoms with van der Waals surface area (Å²) in [5.41, 5.74) is 2.28. The van der Waals surface area contributed by atoms with E-state index in [1.807, 2.05) is 25.1 Å². The Morgan fingerprint density at radius 2 is 2.17 bits per heavy atom. The van der Waals surface area contributed by atoms with Crippen LogP contribution in [0.25, 0.3) is 6.08 Å². The second kappa shape index (κ2) is 9.40. The van der Waals surface area contributed by atoms with E-state index in [0.717, 1.165) is 10.0 Å². The van der Waals surface area contributed by atoms with Crippen LogP contribution in [0.15, 0.2) is 44.7 Å². The van der Waals surface area contributed by atoms with Gasteiger partial charge >= 0.3 is 0 Å². The molecule has 1 N–H and O–H groups in total. The number of rotatable bonds is 5. The third-order valence-corrected chi connectivity index (χ3v) is 5.67. The number of ether oxygens (including phenoxy) is 2. The molecule has 0 atom stereocenters. The molecule has 8 heteroatoms. The molecule has 2 aromatic rings. The van der Waals surface area contributed by atoms with E-state index in [1.165, 1.54) is 18.9 Å². The summed E-state index contributed by atoms with van der Waals surface area (Å²) < 4.78 is 11.8. The van der Waals surface area contributed by atoms with Crippen molar-refractivity contribution in [1.29, 1.82) is 0 Å². The average molecular weight is 492 g/mol. The number of carbonyl (C=O) groups is 1. The molecule has 1 amide bonds. The average Bonchev–Trinajstić information content (AvgIpc) is 3.02. The molecular weight excluding hydrogens is 476 g/mol. The maximum atomic E-state index is 12.4. The fraction of sp³-hybridized carbons (Fsp3) is 0.143. The van der Waals surface area contributed by atoms with Gasteiger partial charge < -0.3 is 14.8 Å². The lowest BCUT2D eigenvalue weighted by Crippen LogP contribution is -2.19. The van der Waals surface area contributed by atoms with E-state index in [-0.39, 0.29) is 12.5 Å². The van der Waals surface area contributed by atoms with Crippen molar-refractivity contribution >= 4 is 62.1 Å². The summed E-state index contributed by atoms with van der Waals surface area (Å²) >= 11 is 10.8. The summed E-state index contributed by atoms with van der Waals surface area (Å²) in [6.07, 6.45) is 7.02. The van der Waals surface area contributed by atoms with Gasteiger partial charge in [0, 0.05) is 15.1 Å². The molecule has 5 nitrogen and oxygen atoms in total. The number of nitrogens with zero attached hydrogens (tertiary/aromatic N) is 1. The first-order chi connectivity index (χ1) is 13.9. The molecule has 29 heavy (non-hydrogen) atoms. The largest absolute Gasteiger partial charge is 0.493 e. The Hall–Kier alpha value is -2.40. The van der Waals surface area contributed by atoms with E-state index in [9.17, 15) is 4.79 Å². The molecule has 2 aromatic carbocycles. The van der Waals surface area contributed by atoms with Gasteiger partial charge in [-0.25, -0.2) is 4.99 Å². The molecule has 1 heterocycles. The van der Waals surface area contributed by atoms with Crippen molar-refractivity contribution in [2.24, 2.45) is 4.99 Å². The van der Waals surface area contributed by atoms with Gasteiger partial charge in [-0.3, -0.25) is 4.79 Å². The van der Waals surface area contributed by atoms with E-state index in [0.29, 0.717) is 37.8 Å². The highest BCUT2D eigenvalue weighted by molar-refractivity contribution is 9.10. The van der Waals surface area contributed by atoms with Crippen molar-refractivity contribution in [1.82, 2.24) is 5.32 Å². The molecule has 1 aliphatic heterocycles. The lowest BCUT2D eigenvalue weighted by molar-refractivity contribution is -0.115. The van der Waals surface area contributed by atoms with Crippen LogP contribution < -0.4 is 14.8 Å². The highest BCUT2D eigenvalue weighted by Crippen LogP contribution is 2.38. The van der Waals surface area contributed by atoms with Crippen molar-refractivity contribution in [3.05, 3.63) is 55.9 Å². The number of amidine groups is 1. The monoisotopic (exact) mass is 490 g/mol. The van der Waals surface area contributed by atoms with E-state index in [1.54, 1.807) is 18.2 Å². The summed E-state index contributed by atoms with van der Waals surface area (Å²) in [5.74, 6) is 3.14. The summed E-state index contributed by atoms with van der Waals surface area (Å²) in [6, 6.07) is 9.06. The Labute approximate surface area is 186 Å². The molecule has 0 radical (unpaired) electrons. The first kappa shape index (κ1) is 21.3. The second-order valence-corrected chi connectivity index (χ2v) is 8.29. The summed E-state index contributed by atoms with van der Waals surface area (Å²) in [7, 11) is 1.54. The summed E-state index contributed by atoms with van der Waals surface area (Å²) in [4.78, 5) is 17.4. The van der Waals surface area contributed by atoms with Crippen LogP contribution in [0.2, 0.25) is 5.02 Å². The quantitative estimate of drug-likeness (QED) is 0.454. The van der Waals surface area contributed by atoms with Crippen LogP contribution in [-0.2, 0) is 4.79 Å². The van der Waals surface area contributed by atoms with Crippen LogP contribution in [0.5, 0.6) is 11.5 Å². The molecule has 1 fully saturated rings. The SMILES string of the molecule is C#CCOc1c(/C=C2/SC(=Nc3ccc(C)c(Cl)c3)NC2=O)cc(Br)cc1OC. The number of aryl methyl sites for hydroxylation is 1. The van der Waals surface area contributed by atoms with Gasteiger partial charge in [0.25, 0.3) is 5.91 Å². The minimum atomic E-state index is -0.256. The highest BCUT2D eigenvalue weighted by atomic mass is 79.9. The van der Waals surface area contributed by atoms with Gasteiger partial charge in [-0.2, -0.15) is 0 Å². The fourth-order valence-corrected chi connectivity index (χ4v) is 3.97. The number of terminal acetylenes is 1. The van der Waals surface area contributed by atoms with Crippen molar-refractivity contribution in [2.45, 2.75) is 6.92 Å². The van der Waals surface area contributed by atoms with Gasteiger partial charge in [0.1, 0.15) is 6.61 Å². The predicted octanol–water partition coefficient (Wildman–Crippen LogP) is 5.32. The fourth-order valence-electron chi connectivity index (χ4n) is 2.51. The maximum absolute atomic E-state index is 12.4. The number of amides is 1.